The molecule has 0 aliphatic carbocycles. The summed E-state index contributed by atoms with van der Waals surface area (Å²) in [6.07, 6.45) is 1.54. The maximum absolute atomic E-state index is 12.1. The van der Waals surface area contributed by atoms with Crippen LogP contribution in [0.2, 0.25) is 0 Å². The molecule has 0 radical (unpaired) electrons. The number of carboxylic acid groups (broad SMARTS) is 1. The molecule has 116 valence electrons. The van der Waals surface area contributed by atoms with Crippen LogP contribution in [0, 0.1) is 16.0 Å². The molecule has 0 saturated heterocycles. The number of carbonyl (C=O) groups is 2. The molecular formula is C13H19N3O5. The molecule has 8 nitrogen and oxygen atoms in total. The van der Waals surface area contributed by atoms with Gasteiger partial charge in [0, 0.05) is 12.6 Å². The Labute approximate surface area is 121 Å². The third kappa shape index (κ3) is 4.30. The highest BCUT2D eigenvalue weighted by Gasteiger charge is 2.25. The number of carbonyl (C=O) groups excluding carboxylic acids is 1. The first kappa shape index (κ1) is 16.7. The van der Waals surface area contributed by atoms with Crippen molar-refractivity contribution in [1.82, 2.24) is 9.88 Å². The van der Waals surface area contributed by atoms with Crippen LogP contribution in [0.25, 0.3) is 0 Å². The average molecular weight is 297 g/mol. The lowest BCUT2D eigenvalue weighted by atomic mass is 10.0. The van der Waals surface area contributed by atoms with Gasteiger partial charge in [-0.15, -0.1) is 0 Å². The minimum Gasteiger partial charge on any atom is -0.480 e. The zero-order valence-corrected chi connectivity index (χ0v) is 12.2. The maximum atomic E-state index is 12.1. The zero-order chi connectivity index (χ0) is 16.2. The summed E-state index contributed by atoms with van der Waals surface area (Å²) in [6, 6.07) is 0.129. The van der Waals surface area contributed by atoms with Crippen molar-refractivity contribution >= 4 is 17.6 Å². The first-order valence-electron chi connectivity index (χ1n) is 6.64. The number of amides is 1. The summed E-state index contributed by atoms with van der Waals surface area (Å²) in [5.41, 5.74) is -0.114. The van der Waals surface area contributed by atoms with Gasteiger partial charge >= 0.3 is 5.97 Å². The fourth-order valence-electron chi connectivity index (χ4n) is 1.97. The van der Waals surface area contributed by atoms with Crippen LogP contribution in [0.15, 0.2) is 12.3 Å². The molecule has 1 aromatic rings. The van der Waals surface area contributed by atoms with E-state index in [1.165, 1.54) is 10.8 Å². The van der Waals surface area contributed by atoms with E-state index in [-0.39, 0.29) is 23.7 Å². The summed E-state index contributed by atoms with van der Waals surface area (Å²) in [6.45, 7) is 5.81. The van der Waals surface area contributed by atoms with Crippen LogP contribution in [-0.2, 0) is 11.3 Å². The molecule has 1 rings (SSSR count). The van der Waals surface area contributed by atoms with E-state index in [4.69, 9.17) is 5.11 Å². The standard InChI is InChI=1S/C13H19N3O5/c1-4-15-7-9(16(20)21)6-11(15)12(17)14-10(13(18)19)5-8(2)3/h6-8,10H,4-5H2,1-3H3,(H,14,17)(H,18,19)/t10-/m0/s1. The summed E-state index contributed by atoms with van der Waals surface area (Å²) in [4.78, 5) is 33.4. The van der Waals surface area contributed by atoms with Crippen molar-refractivity contribution in [3.8, 4) is 0 Å². The SMILES string of the molecule is CCn1cc([N+](=O)[O-])cc1C(=O)N[C@@H](CC(C)C)C(=O)O. The largest absolute Gasteiger partial charge is 0.480 e. The normalized spacial score (nSPS) is 12.2. The predicted molar refractivity (Wildman–Crippen MR) is 75.1 cm³/mol. The highest BCUT2D eigenvalue weighted by molar-refractivity contribution is 5.96. The van der Waals surface area contributed by atoms with Crippen LogP contribution in [0.1, 0.15) is 37.7 Å². The van der Waals surface area contributed by atoms with Gasteiger partial charge in [-0.05, 0) is 19.3 Å². The second-order valence-electron chi connectivity index (χ2n) is 5.12. The summed E-state index contributed by atoms with van der Waals surface area (Å²) in [5.74, 6) is -1.65. The summed E-state index contributed by atoms with van der Waals surface area (Å²) in [7, 11) is 0. The quantitative estimate of drug-likeness (QED) is 0.586. The average Bonchev–Trinajstić information content (AvgIpc) is 2.81. The zero-order valence-electron chi connectivity index (χ0n) is 12.2. The van der Waals surface area contributed by atoms with E-state index in [0.717, 1.165) is 6.07 Å². The molecule has 0 fully saturated rings. The van der Waals surface area contributed by atoms with Crippen molar-refractivity contribution in [3.05, 3.63) is 28.1 Å². The van der Waals surface area contributed by atoms with E-state index < -0.39 is 22.8 Å². The van der Waals surface area contributed by atoms with Crippen molar-refractivity contribution in [1.29, 1.82) is 0 Å². The van der Waals surface area contributed by atoms with Gasteiger partial charge in [0.2, 0.25) is 0 Å². The van der Waals surface area contributed by atoms with Gasteiger partial charge in [0.15, 0.2) is 0 Å². The molecule has 0 bridgehead atoms. The van der Waals surface area contributed by atoms with Gasteiger partial charge in [-0.2, -0.15) is 0 Å². The molecule has 0 spiro atoms. The van der Waals surface area contributed by atoms with Crippen LogP contribution in [0.3, 0.4) is 0 Å². The maximum Gasteiger partial charge on any atom is 0.326 e. The molecule has 1 amide bonds. The second-order valence-corrected chi connectivity index (χ2v) is 5.12. The number of aromatic nitrogens is 1. The van der Waals surface area contributed by atoms with Crippen molar-refractivity contribution in [2.24, 2.45) is 5.92 Å². The summed E-state index contributed by atoms with van der Waals surface area (Å²) < 4.78 is 1.42. The van der Waals surface area contributed by atoms with Crippen LogP contribution in [-0.4, -0.2) is 32.5 Å². The van der Waals surface area contributed by atoms with Gasteiger partial charge in [0.05, 0.1) is 11.1 Å². The van der Waals surface area contributed by atoms with E-state index in [1.807, 2.05) is 13.8 Å². The van der Waals surface area contributed by atoms with Gasteiger partial charge in [0.25, 0.3) is 11.6 Å². The topological polar surface area (TPSA) is 114 Å². The molecule has 0 saturated carbocycles. The Morgan fingerprint density at radius 3 is 2.52 bits per heavy atom. The fraction of sp³-hybridized carbons (Fsp3) is 0.538. The number of aliphatic carboxylic acids is 1. The number of carboxylic acids is 1. The van der Waals surface area contributed by atoms with Crippen molar-refractivity contribution in [2.75, 3.05) is 0 Å². The Hall–Kier alpha value is -2.38. The van der Waals surface area contributed by atoms with E-state index in [2.05, 4.69) is 5.32 Å². The monoisotopic (exact) mass is 297 g/mol. The highest BCUT2D eigenvalue weighted by atomic mass is 16.6. The molecule has 2 N–H and O–H groups in total. The number of hydrogen-bond donors (Lipinski definition) is 2. The summed E-state index contributed by atoms with van der Waals surface area (Å²) in [5, 5.41) is 22.3. The fourth-order valence-corrected chi connectivity index (χ4v) is 1.97. The number of aryl methyl sites for hydroxylation is 1. The second kappa shape index (κ2) is 6.87. The predicted octanol–water partition coefficient (Wildman–Crippen LogP) is 1.65. The first-order chi connectivity index (χ1) is 9.76. The van der Waals surface area contributed by atoms with Crippen LogP contribution < -0.4 is 5.32 Å². The van der Waals surface area contributed by atoms with Crippen molar-refractivity contribution in [3.63, 3.8) is 0 Å². The Kier molecular flexibility index (Phi) is 5.45. The van der Waals surface area contributed by atoms with E-state index >= 15 is 0 Å². The molecule has 0 aliphatic heterocycles. The van der Waals surface area contributed by atoms with Gasteiger partial charge in [-0.1, -0.05) is 13.8 Å². The Bertz CT molecular complexity index is 550. The molecule has 0 aliphatic rings. The molecule has 1 atom stereocenters. The molecular weight excluding hydrogens is 278 g/mol. The van der Waals surface area contributed by atoms with Crippen LogP contribution in [0.5, 0.6) is 0 Å². The minimum absolute atomic E-state index is 0.0826. The number of hydrogen-bond acceptors (Lipinski definition) is 4. The van der Waals surface area contributed by atoms with E-state index in [9.17, 15) is 19.7 Å². The smallest absolute Gasteiger partial charge is 0.326 e. The van der Waals surface area contributed by atoms with Crippen LogP contribution >= 0.6 is 0 Å². The third-order valence-corrected chi connectivity index (χ3v) is 2.98. The molecule has 1 aromatic heterocycles. The lowest BCUT2D eigenvalue weighted by molar-refractivity contribution is -0.384. The highest BCUT2D eigenvalue weighted by Crippen LogP contribution is 2.17. The number of rotatable bonds is 7. The Balaban J connectivity index is 2.96. The molecule has 21 heavy (non-hydrogen) atoms. The number of nitro groups is 1. The molecule has 8 heteroatoms. The Morgan fingerprint density at radius 2 is 2.10 bits per heavy atom. The molecule has 1 heterocycles. The Morgan fingerprint density at radius 1 is 1.48 bits per heavy atom. The van der Waals surface area contributed by atoms with Gasteiger partial charge in [-0.3, -0.25) is 14.9 Å². The molecule has 0 unspecified atom stereocenters. The van der Waals surface area contributed by atoms with Gasteiger partial charge in [0.1, 0.15) is 11.7 Å². The van der Waals surface area contributed by atoms with E-state index in [0.29, 0.717) is 6.54 Å². The van der Waals surface area contributed by atoms with E-state index in [1.54, 1.807) is 6.92 Å². The van der Waals surface area contributed by atoms with Crippen molar-refractivity contribution in [2.45, 2.75) is 39.8 Å². The number of nitrogens with zero attached hydrogens (tertiary/aromatic N) is 2. The molecule has 0 aromatic carbocycles. The van der Waals surface area contributed by atoms with Gasteiger partial charge in [-0.25, -0.2) is 4.79 Å². The lowest BCUT2D eigenvalue weighted by Gasteiger charge is -2.16. The lowest BCUT2D eigenvalue weighted by Crippen LogP contribution is -2.42. The number of nitrogens with one attached hydrogen (secondary N) is 1. The summed E-state index contributed by atoms with van der Waals surface area (Å²) >= 11 is 0. The van der Waals surface area contributed by atoms with Gasteiger partial charge < -0.3 is 15.0 Å². The van der Waals surface area contributed by atoms with Crippen molar-refractivity contribution < 1.29 is 19.6 Å². The first-order valence-corrected chi connectivity index (χ1v) is 6.64. The van der Waals surface area contributed by atoms with Crippen LogP contribution in [0.4, 0.5) is 5.69 Å². The third-order valence-electron chi connectivity index (χ3n) is 2.98. The minimum atomic E-state index is -1.12.